The average molecular weight is 515 g/mol. The van der Waals surface area contributed by atoms with Crippen LogP contribution in [0, 0.1) is 5.92 Å². The van der Waals surface area contributed by atoms with E-state index >= 15 is 0 Å². The van der Waals surface area contributed by atoms with Crippen molar-refractivity contribution in [3.8, 4) is 0 Å². The van der Waals surface area contributed by atoms with Gasteiger partial charge < -0.3 is 14.8 Å². The smallest absolute Gasteiger partial charge is 0.433 e. The molecule has 8 nitrogen and oxygen atoms in total. The normalized spacial score (nSPS) is 23.4. The van der Waals surface area contributed by atoms with Gasteiger partial charge in [0.25, 0.3) is 11.5 Å². The summed E-state index contributed by atoms with van der Waals surface area (Å²) in [6.45, 7) is 2.90. The molecule has 0 radical (unpaired) electrons. The van der Waals surface area contributed by atoms with Crippen LogP contribution in [0.3, 0.4) is 0 Å². The molecular weight excluding hydrogens is 491 g/mol. The third-order valence-electron chi connectivity index (χ3n) is 6.38. The molecule has 1 aromatic heterocycles. The van der Waals surface area contributed by atoms with Gasteiger partial charge in [0.05, 0.1) is 11.7 Å². The van der Waals surface area contributed by atoms with E-state index in [1.54, 1.807) is 43.3 Å². The summed E-state index contributed by atoms with van der Waals surface area (Å²) in [5.41, 5.74) is -4.08. The molecule has 11 heteroatoms. The standard InChI is InChI=1S/C26H24F3N3O5/c1-3-19-16(2)25(26(27,28)29,37-22(34)18-12-8-5-9-13-18)23(36-19)32-15-14-20(31-24(32)35)30-21(33)17-10-6-4-7-11-17/h4-16,19,23H,3H2,1-2H3,(H,30,31,33,35)/t16-,19+,23+,25?/m0/s1. The van der Waals surface area contributed by atoms with E-state index in [-0.39, 0.29) is 17.8 Å². The summed E-state index contributed by atoms with van der Waals surface area (Å²) in [6, 6.07) is 16.6. The lowest BCUT2D eigenvalue weighted by atomic mass is 9.84. The molecule has 194 valence electrons. The highest BCUT2D eigenvalue weighted by atomic mass is 19.4. The van der Waals surface area contributed by atoms with Crippen LogP contribution in [-0.4, -0.2) is 39.3 Å². The first-order chi connectivity index (χ1) is 17.6. The van der Waals surface area contributed by atoms with Gasteiger partial charge in [-0.05, 0) is 36.8 Å². The Hall–Kier alpha value is -3.99. The summed E-state index contributed by atoms with van der Waals surface area (Å²) in [5, 5.41) is 2.44. The highest BCUT2D eigenvalue weighted by molar-refractivity contribution is 6.03. The van der Waals surface area contributed by atoms with Crippen LogP contribution in [0.15, 0.2) is 77.7 Å². The van der Waals surface area contributed by atoms with E-state index in [0.717, 1.165) is 6.20 Å². The number of carbonyl (C=O) groups is 2. The van der Waals surface area contributed by atoms with Crippen LogP contribution in [0.1, 0.15) is 47.2 Å². The first-order valence-electron chi connectivity index (χ1n) is 11.5. The quantitative estimate of drug-likeness (QED) is 0.482. The van der Waals surface area contributed by atoms with Gasteiger partial charge in [-0.3, -0.25) is 9.36 Å². The molecule has 1 saturated heterocycles. The molecule has 1 unspecified atom stereocenters. The van der Waals surface area contributed by atoms with Crippen LogP contribution in [0.4, 0.5) is 19.0 Å². The lowest BCUT2D eigenvalue weighted by Crippen LogP contribution is -2.58. The fourth-order valence-corrected chi connectivity index (χ4v) is 4.43. The number of hydrogen-bond acceptors (Lipinski definition) is 6. The summed E-state index contributed by atoms with van der Waals surface area (Å²) in [5.74, 6) is -3.27. The molecule has 0 bridgehead atoms. The van der Waals surface area contributed by atoms with Crippen molar-refractivity contribution in [2.45, 2.75) is 44.4 Å². The van der Waals surface area contributed by atoms with E-state index in [4.69, 9.17) is 9.47 Å². The van der Waals surface area contributed by atoms with Gasteiger partial charge >= 0.3 is 17.8 Å². The first-order valence-corrected chi connectivity index (χ1v) is 11.5. The number of aromatic nitrogens is 2. The van der Waals surface area contributed by atoms with Gasteiger partial charge in [0.2, 0.25) is 0 Å². The van der Waals surface area contributed by atoms with Crippen molar-refractivity contribution in [2.75, 3.05) is 5.32 Å². The number of anilines is 1. The number of benzene rings is 2. The van der Waals surface area contributed by atoms with E-state index in [9.17, 15) is 27.6 Å². The van der Waals surface area contributed by atoms with Gasteiger partial charge in [-0.15, -0.1) is 0 Å². The Bertz CT molecular complexity index is 1330. The van der Waals surface area contributed by atoms with Crippen LogP contribution in [0.25, 0.3) is 0 Å². The molecular formula is C26H24F3N3O5. The highest BCUT2D eigenvalue weighted by Gasteiger charge is 2.72. The second-order valence-electron chi connectivity index (χ2n) is 8.59. The summed E-state index contributed by atoms with van der Waals surface area (Å²) >= 11 is 0. The zero-order valence-corrected chi connectivity index (χ0v) is 19.9. The van der Waals surface area contributed by atoms with Crippen molar-refractivity contribution in [3.63, 3.8) is 0 Å². The van der Waals surface area contributed by atoms with E-state index in [1.165, 1.54) is 37.3 Å². The monoisotopic (exact) mass is 515 g/mol. The molecule has 1 N–H and O–H groups in total. The number of esters is 1. The molecule has 3 aromatic rings. The Kier molecular flexibility index (Phi) is 7.17. The first kappa shape index (κ1) is 26.1. The highest BCUT2D eigenvalue weighted by Crippen LogP contribution is 2.54. The fraction of sp³-hybridized carbons (Fsp3) is 0.308. The molecule has 0 saturated carbocycles. The molecule has 2 heterocycles. The topological polar surface area (TPSA) is 99.5 Å². The van der Waals surface area contributed by atoms with Crippen molar-refractivity contribution < 1.29 is 32.2 Å². The Labute approximate surface area is 210 Å². The number of ether oxygens (including phenoxy) is 2. The van der Waals surface area contributed by atoms with Crippen LogP contribution in [0.5, 0.6) is 0 Å². The summed E-state index contributed by atoms with van der Waals surface area (Å²) in [6.07, 6.45) is -6.92. The molecule has 1 fully saturated rings. The summed E-state index contributed by atoms with van der Waals surface area (Å²) in [7, 11) is 0. The molecule has 1 aliphatic heterocycles. The fourth-order valence-electron chi connectivity index (χ4n) is 4.43. The number of amides is 1. The predicted octanol–water partition coefficient (Wildman–Crippen LogP) is 4.60. The SMILES string of the molecule is CC[C@H]1O[C@@H](n2ccc(NC(=O)c3ccccc3)nc2=O)C(OC(=O)c2ccccc2)(C(F)(F)F)[C@H]1C. The number of nitrogens with zero attached hydrogens (tertiary/aromatic N) is 2. The van der Waals surface area contributed by atoms with Crippen LogP contribution >= 0.6 is 0 Å². The number of halogens is 3. The third-order valence-corrected chi connectivity index (χ3v) is 6.38. The van der Waals surface area contributed by atoms with Gasteiger partial charge in [-0.2, -0.15) is 18.2 Å². The Morgan fingerprint density at radius 1 is 1.05 bits per heavy atom. The van der Waals surface area contributed by atoms with Gasteiger partial charge in [0.1, 0.15) is 5.82 Å². The zero-order chi connectivity index (χ0) is 26.8. The van der Waals surface area contributed by atoms with Crippen LogP contribution in [0.2, 0.25) is 0 Å². The Morgan fingerprint density at radius 2 is 1.65 bits per heavy atom. The molecule has 37 heavy (non-hydrogen) atoms. The van der Waals surface area contributed by atoms with E-state index in [2.05, 4.69) is 10.3 Å². The second-order valence-corrected chi connectivity index (χ2v) is 8.59. The molecule has 0 spiro atoms. The number of rotatable bonds is 6. The predicted molar refractivity (Wildman–Crippen MR) is 127 cm³/mol. The maximum absolute atomic E-state index is 14.8. The third kappa shape index (κ3) is 4.86. The average Bonchev–Trinajstić information content (AvgIpc) is 3.17. The minimum atomic E-state index is -5.11. The lowest BCUT2D eigenvalue weighted by Gasteiger charge is -2.38. The molecule has 0 aliphatic carbocycles. The summed E-state index contributed by atoms with van der Waals surface area (Å²) < 4.78 is 56.0. The van der Waals surface area contributed by atoms with Crippen LogP contribution in [-0.2, 0) is 9.47 Å². The summed E-state index contributed by atoms with van der Waals surface area (Å²) in [4.78, 5) is 41.9. The van der Waals surface area contributed by atoms with Crippen molar-refractivity contribution in [1.29, 1.82) is 0 Å². The van der Waals surface area contributed by atoms with Crippen molar-refractivity contribution >= 4 is 17.7 Å². The molecule has 4 rings (SSSR count). The van der Waals surface area contributed by atoms with Crippen molar-refractivity contribution in [2.24, 2.45) is 5.92 Å². The van der Waals surface area contributed by atoms with Gasteiger partial charge in [-0.25, -0.2) is 9.59 Å². The van der Waals surface area contributed by atoms with Gasteiger partial charge in [-0.1, -0.05) is 50.2 Å². The van der Waals surface area contributed by atoms with Crippen LogP contribution < -0.4 is 11.0 Å². The van der Waals surface area contributed by atoms with Gasteiger partial charge in [0.15, 0.2) is 6.23 Å². The number of nitrogens with one attached hydrogen (secondary N) is 1. The second kappa shape index (κ2) is 10.2. The maximum Gasteiger partial charge on any atom is 0.433 e. The van der Waals surface area contributed by atoms with Crippen molar-refractivity contribution in [1.82, 2.24) is 9.55 Å². The largest absolute Gasteiger partial charge is 0.440 e. The minimum Gasteiger partial charge on any atom is -0.440 e. The van der Waals surface area contributed by atoms with E-state index in [1.807, 2.05) is 0 Å². The minimum absolute atomic E-state index is 0.0820. The van der Waals surface area contributed by atoms with E-state index in [0.29, 0.717) is 10.1 Å². The molecule has 1 aliphatic rings. The molecule has 4 atom stereocenters. The Morgan fingerprint density at radius 3 is 2.19 bits per heavy atom. The van der Waals surface area contributed by atoms with E-state index < -0.39 is 47.6 Å². The number of carbonyl (C=O) groups excluding carboxylic acids is 2. The van der Waals surface area contributed by atoms with Crippen molar-refractivity contribution in [3.05, 3.63) is 94.5 Å². The zero-order valence-electron chi connectivity index (χ0n) is 19.9. The number of hydrogen-bond donors (Lipinski definition) is 1. The van der Waals surface area contributed by atoms with Gasteiger partial charge in [0, 0.05) is 17.7 Å². The molecule has 2 aromatic carbocycles. The lowest BCUT2D eigenvalue weighted by molar-refractivity contribution is -0.294. The molecule has 1 amide bonds. The maximum atomic E-state index is 14.8. The number of alkyl halides is 3. The Balaban J connectivity index is 1.72.